The Bertz CT molecular complexity index is 820. The molecule has 5 heteroatoms. The van der Waals surface area contributed by atoms with Crippen molar-refractivity contribution in [2.45, 2.75) is 38.5 Å². The average molecular weight is 409 g/mol. The molecule has 1 unspecified atom stereocenters. The Morgan fingerprint density at radius 2 is 1.60 bits per heavy atom. The molecule has 0 radical (unpaired) electrons. The number of amides is 2. The van der Waals surface area contributed by atoms with E-state index in [2.05, 4.69) is 6.92 Å². The number of nitrogens with zero attached hydrogens (tertiary/aromatic N) is 2. The van der Waals surface area contributed by atoms with E-state index in [1.54, 1.807) is 7.11 Å². The van der Waals surface area contributed by atoms with Crippen LogP contribution in [0.1, 0.15) is 43.2 Å². The minimum atomic E-state index is -0.108. The van der Waals surface area contributed by atoms with Gasteiger partial charge in [0.15, 0.2) is 0 Å². The van der Waals surface area contributed by atoms with Crippen LogP contribution in [-0.2, 0) is 16.0 Å². The molecule has 1 heterocycles. The molecule has 1 atom stereocenters. The van der Waals surface area contributed by atoms with Gasteiger partial charge in [-0.3, -0.25) is 9.59 Å². The number of aryl methyl sites for hydroxylation is 1. The zero-order valence-corrected chi connectivity index (χ0v) is 18.0. The summed E-state index contributed by atoms with van der Waals surface area (Å²) in [6, 6.07) is 17.8. The smallest absolute Gasteiger partial charge is 0.230 e. The van der Waals surface area contributed by atoms with Gasteiger partial charge >= 0.3 is 0 Å². The van der Waals surface area contributed by atoms with E-state index in [4.69, 9.17) is 4.74 Å². The van der Waals surface area contributed by atoms with Crippen LogP contribution in [0.2, 0.25) is 0 Å². The van der Waals surface area contributed by atoms with Crippen LogP contribution in [-0.4, -0.2) is 54.9 Å². The van der Waals surface area contributed by atoms with E-state index in [0.717, 1.165) is 29.7 Å². The van der Waals surface area contributed by atoms with Crippen LogP contribution in [0, 0.1) is 0 Å². The highest BCUT2D eigenvalue weighted by Gasteiger charge is 2.27. The minimum absolute atomic E-state index is 0.108. The topological polar surface area (TPSA) is 49.9 Å². The summed E-state index contributed by atoms with van der Waals surface area (Å²) in [6.45, 7) is 4.70. The van der Waals surface area contributed by atoms with Gasteiger partial charge in [0.25, 0.3) is 0 Å². The van der Waals surface area contributed by atoms with Crippen molar-refractivity contribution in [3.63, 3.8) is 0 Å². The molecule has 1 aliphatic rings. The molecular weight excluding hydrogens is 376 g/mol. The van der Waals surface area contributed by atoms with Crippen LogP contribution in [0.3, 0.4) is 0 Å². The zero-order chi connectivity index (χ0) is 21.3. The van der Waals surface area contributed by atoms with Crippen molar-refractivity contribution in [3.8, 4) is 5.75 Å². The third-order valence-electron chi connectivity index (χ3n) is 5.86. The van der Waals surface area contributed by atoms with Crippen LogP contribution in [0.5, 0.6) is 5.75 Å². The highest BCUT2D eigenvalue weighted by Crippen LogP contribution is 2.23. The van der Waals surface area contributed by atoms with E-state index in [9.17, 15) is 9.59 Å². The molecule has 0 saturated carbocycles. The maximum atomic E-state index is 13.1. The molecule has 2 amide bonds. The Hall–Kier alpha value is -2.82. The standard InChI is InChI=1S/C25H32N2O3/c1-3-23(21-8-5-4-6-9-21)25(29)27-17-7-16-26(18-19-27)24(28)15-12-20-10-13-22(30-2)14-11-20/h4-6,8-11,13-14,23H,3,7,12,15-19H2,1-2H3. The van der Waals surface area contributed by atoms with Crippen LogP contribution in [0.15, 0.2) is 54.6 Å². The Morgan fingerprint density at radius 1 is 0.933 bits per heavy atom. The molecule has 30 heavy (non-hydrogen) atoms. The second-order valence-electron chi connectivity index (χ2n) is 7.78. The maximum absolute atomic E-state index is 13.1. The molecule has 2 aromatic rings. The first-order valence-corrected chi connectivity index (χ1v) is 10.9. The number of hydrogen-bond acceptors (Lipinski definition) is 3. The summed E-state index contributed by atoms with van der Waals surface area (Å²) in [4.78, 5) is 29.7. The molecule has 0 aliphatic carbocycles. The van der Waals surface area contributed by atoms with Gasteiger partial charge in [-0.25, -0.2) is 0 Å². The molecule has 0 bridgehead atoms. The first-order valence-electron chi connectivity index (χ1n) is 10.9. The molecule has 0 spiro atoms. The monoisotopic (exact) mass is 408 g/mol. The highest BCUT2D eigenvalue weighted by molar-refractivity contribution is 5.84. The van der Waals surface area contributed by atoms with Gasteiger partial charge in [0, 0.05) is 32.6 Å². The normalized spacial score (nSPS) is 15.4. The predicted octanol–water partition coefficient (Wildman–Crippen LogP) is 3.88. The van der Waals surface area contributed by atoms with E-state index < -0.39 is 0 Å². The first kappa shape index (κ1) is 21.9. The van der Waals surface area contributed by atoms with Gasteiger partial charge in [0.1, 0.15) is 5.75 Å². The van der Waals surface area contributed by atoms with Crippen LogP contribution < -0.4 is 4.74 Å². The Morgan fingerprint density at radius 3 is 2.27 bits per heavy atom. The number of methoxy groups -OCH3 is 1. The van der Waals surface area contributed by atoms with Crippen molar-refractivity contribution in [1.82, 2.24) is 9.80 Å². The Kier molecular flexibility index (Phi) is 7.89. The number of carbonyl (C=O) groups is 2. The second-order valence-corrected chi connectivity index (χ2v) is 7.78. The summed E-state index contributed by atoms with van der Waals surface area (Å²) in [7, 11) is 1.65. The predicted molar refractivity (Wildman–Crippen MR) is 119 cm³/mol. The molecule has 1 aliphatic heterocycles. The summed E-state index contributed by atoms with van der Waals surface area (Å²) in [5.41, 5.74) is 2.20. The Labute approximate surface area is 179 Å². The van der Waals surface area contributed by atoms with E-state index >= 15 is 0 Å². The SMILES string of the molecule is CCC(C(=O)N1CCCN(C(=O)CCc2ccc(OC)cc2)CC1)c1ccccc1. The van der Waals surface area contributed by atoms with Gasteiger partial charge in [0.05, 0.1) is 13.0 Å². The average Bonchev–Trinajstić information content (AvgIpc) is 3.05. The molecule has 0 aromatic heterocycles. The third-order valence-corrected chi connectivity index (χ3v) is 5.86. The van der Waals surface area contributed by atoms with Crippen molar-refractivity contribution < 1.29 is 14.3 Å². The fourth-order valence-electron chi connectivity index (χ4n) is 4.05. The summed E-state index contributed by atoms with van der Waals surface area (Å²) in [5, 5.41) is 0. The number of benzene rings is 2. The lowest BCUT2D eigenvalue weighted by Gasteiger charge is -2.26. The lowest BCUT2D eigenvalue weighted by atomic mass is 9.95. The minimum Gasteiger partial charge on any atom is -0.497 e. The van der Waals surface area contributed by atoms with Gasteiger partial charge < -0.3 is 14.5 Å². The largest absolute Gasteiger partial charge is 0.497 e. The molecule has 0 N–H and O–H groups in total. The van der Waals surface area contributed by atoms with Gasteiger partial charge in [0.2, 0.25) is 11.8 Å². The second kappa shape index (κ2) is 10.8. The molecule has 2 aromatic carbocycles. The van der Waals surface area contributed by atoms with Gasteiger partial charge in [-0.05, 0) is 42.5 Å². The quantitative estimate of drug-likeness (QED) is 0.699. The molecule has 160 valence electrons. The van der Waals surface area contributed by atoms with Gasteiger partial charge in [-0.2, -0.15) is 0 Å². The maximum Gasteiger partial charge on any atom is 0.230 e. The third kappa shape index (κ3) is 5.62. The van der Waals surface area contributed by atoms with Gasteiger partial charge in [-0.1, -0.05) is 49.4 Å². The summed E-state index contributed by atoms with van der Waals surface area (Å²) in [5.74, 6) is 1.05. The van der Waals surface area contributed by atoms with Crippen LogP contribution in [0.25, 0.3) is 0 Å². The van der Waals surface area contributed by atoms with E-state index in [1.807, 2.05) is 64.4 Å². The van der Waals surface area contributed by atoms with E-state index in [1.165, 1.54) is 0 Å². The van der Waals surface area contributed by atoms with Crippen molar-refractivity contribution in [1.29, 1.82) is 0 Å². The summed E-state index contributed by atoms with van der Waals surface area (Å²) >= 11 is 0. The van der Waals surface area contributed by atoms with Crippen LogP contribution >= 0.6 is 0 Å². The van der Waals surface area contributed by atoms with E-state index in [0.29, 0.717) is 39.0 Å². The van der Waals surface area contributed by atoms with Crippen LogP contribution in [0.4, 0.5) is 0 Å². The number of rotatable bonds is 7. The van der Waals surface area contributed by atoms with Crippen molar-refractivity contribution in [3.05, 3.63) is 65.7 Å². The Balaban J connectivity index is 1.53. The van der Waals surface area contributed by atoms with Crippen molar-refractivity contribution in [2.75, 3.05) is 33.3 Å². The number of hydrogen-bond donors (Lipinski definition) is 0. The fourth-order valence-corrected chi connectivity index (χ4v) is 4.05. The lowest BCUT2D eigenvalue weighted by Crippen LogP contribution is -2.39. The molecular formula is C25H32N2O3. The molecule has 5 nitrogen and oxygen atoms in total. The van der Waals surface area contributed by atoms with Gasteiger partial charge in [-0.15, -0.1) is 0 Å². The first-order chi connectivity index (χ1) is 14.6. The molecule has 3 rings (SSSR count). The summed E-state index contributed by atoms with van der Waals surface area (Å²) < 4.78 is 5.18. The molecule has 1 fully saturated rings. The zero-order valence-electron chi connectivity index (χ0n) is 18.0. The summed E-state index contributed by atoms with van der Waals surface area (Å²) in [6.07, 6.45) is 2.81. The number of ether oxygens (including phenoxy) is 1. The van der Waals surface area contributed by atoms with Crippen molar-refractivity contribution >= 4 is 11.8 Å². The van der Waals surface area contributed by atoms with E-state index in [-0.39, 0.29) is 17.7 Å². The lowest BCUT2D eigenvalue weighted by molar-refractivity contribution is -0.134. The highest BCUT2D eigenvalue weighted by atomic mass is 16.5. The van der Waals surface area contributed by atoms with Crippen molar-refractivity contribution in [2.24, 2.45) is 0 Å². The fraction of sp³-hybridized carbons (Fsp3) is 0.440. The number of carbonyl (C=O) groups excluding carboxylic acids is 2. The molecule has 1 saturated heterocycles.